The van der Waals surface area contributed by atoms with Crippen LogP contribution in [0.5, 0.6) is 11.5 Å². The van der Waals surface area contributed by atoms with Gasteiger partial charge in [-0.3, -0.25) is 19.7 Å². The number of hydrogen-bond acceptors (Lipinski definition) is 6. The Morgan fingerprint density at radius 3 is 1.95 bits per heavy atom. The molecule has 0 amide bonds. The highest BCUT2D eigenvalue weighted by molar-refractivity contribution is 9.10. The molecule has 0 radical (unpaired) electrons. The van der Waals surface area contributed by atoms with Gasteiger partial charge in [0, 0.05) is 53.9 Å². The molecule has 0 N–H and O–H groups in total. The zero-order valence-corrected chi connectivity index (χ0v) is 26.8. The van der Waals surface area contributed by atoms with E-state index in [2.05, 4.69) is 55.4 Å². The Labute approximate surface area is 262 Å². The van der Waals surface area contributed by atoms with E-state index in [9.17, 15) is 32.9 Å². The first-order chi connectivity index (χ1) is 20.4. The smallest absolute Gasteiger partial charge is 0.416 e. The van der Waals surface area contributed by atoms with Crippen LogP contribution >= 0.6 is 15.9 Å². The maximum atomic E-state index is 13.9. The summed E-state index contributed by atoms with van der Waals surface area (Å²) < 4.78 is 45.7. The zero-order chi connectivity index (χ0) is 32.4. The minimum absolute atomic E-state index is 0.00312. The van der Waals surface area contributed by atoms with Crippen molar-refractivity contribution in [2.24, 2.45) is 10.8 Å². The van der Waals surface area contributed by atoms with Gasteiger partial charge in [0.1, 0.15) is 5.75 Å². The third-order valence-electron chi connectivity index (χ3n) is 8.46. The van der Waals surface area contributed by atoms with Crippen LogP contribution in [-0.2, 0) is 15.8 Å². The van der Waals surface area contributed by atoms with Crippen molar-refractivity contribution in [3.8, 4) is 11.5 Å². The molecule has 0 spiro atoms. The van der Waals surface area contributed by atoms with E-state index in [0.29, 0.717) is 59.5 Å². The molecule has 0 atom stereocenters. The molecule has 1 aliphatic heterocycles. The van der Waals surface area contributed by atoms with Gasteiger partial charge in [0.25, 0.3) is 0 Å². The van der Waals surface area contributed by atoms with Crippen molar-refractivity contribution in [1.82, 2.24) is 4.90 Å². The Morgan fingerprint density at radius 2 is 1.48 bits per heavy atom. The minimum atomic E-state index is -4.75. The number of hydrogen-bond donors (Lipinski definition) is 0. The molecule has 2 aromatic carbocycles. The first kappa shape index (κ1) is 31.9. The average molecular weight is 676 g/mol. The van der Waals surface area contributed by atoms with Gasteiger partial charge in [0.05, 0.1) is 15.0 Å². The molecule has 0 unspecified atom stereocenters. The van der Waals surface area contributed by atoms with Crippen molar-refractivity contribution in [2.75, 3.05) is 6.54 Å². The molecule has 44 heavy (non-hydrogen) atoms. The number of ether oxygens (including phenoxy) is 1. The molecule has 7 nitrogen and oxygen atoms in total. The maximum Gasteiger partial charge on any atom is 0.416 e. The molecule has 0 fully saturated rings. The predicted molar refractivity (Wildman–Crippen MR) is 162 cm³/mol. The van der Waals surface area contributed by atoms with Crippen LogP contribution in [0.3, 0.4) is 0 Å². The van der Waals surface area contributed by atoms with E-state index in [0.717, 1.165) is 29.9 Å². The molecule has 3 aliphatic rings. The second kappa shape index (κ2) is 11.2. The number of nitro benzene ring substituents is 1. The van der Waals surface area contributed by atoms with Gasteiger partial charge in [-0.2, -0.15) is 13.2 Å². The summed E-state index contributed by atoms with van der Waals surface area (Å²) in [7, 11) is 0. The maximum absolute atomic E-state index is 13.9. The normalized spacial score (nSPS) is 20.1. The highest BCUT2D eigenvalue weighted by Crippen LogP contribution is 2.55. The quantitative estimate of drug-likeness (QED) is 0.224. The molecule has 2 aliphatic carbocycles. The van der Waals surface area contributed by atoms with Crippen molar-refractivity contribution in [3.05, 3.63) is 84.7 Å². The number of ketones is 2. The number of nitrogens with zero attached hydrogens (tertiary/aromatic N) is 2. The van der Waals surface area contributed by atoms with Gasteiger partial charge < -0.3 is 9.64 Å². The fourth-order valence-electron chi connectivity index (χ4n) is 6.70. The monoisotopic (exact) mass is 674 g/mol. The van der Waals surface area contributed by atoms with Crippen molar-refractivity contribution >= 4 is 33.2 Å². The van der Waals surface area contributed by atoms with E-state index in [4.69, 9.17) is 4.74 Å². The number of nitro groups is 1. The van der Waals surface area contributed by atoms with E-state index < -0.39 is 28.3 Å². The van der Waals surface area contributed by atoms with Gasteiger partial charge in [-0.1, -0.05) is 40.7 Å². The average Bonchev–Trinajstić information content (AvgIpc) is 2.88. The second-order valence-corrected chi connectivity index (χ2v) is 14.3. The molecule has 0 saturated heterocycles. The van der Waals surface area contributed by atoms with Gasteiger partial charge in [-0.15, -0.1) is 0 Å². The fourth-order valence-corrected chi connectivity index (χ4v) is 7.17. The lowest BCUT2D eigenvalue weighted by Crippen LogP contribution is -2.44. The molecule has 234 valence electrons. The standard InChI is InChI=1S/C33H34BrF3N2O5/c1-6-11-38-22-14-31(2,3)16-24(40)29(22)28(30-23(38)15-32(4,5)17-25(30)41)18-7-9-26(20(34)12-18)44-27-10-8-19(33(35,36)37)13-21(27)39(42)43/h7-10,12-13,28H,6,11,14-17H2,1-5H3. The Kier molecular flexibility index (Phi) is 8.10. The van der Waals surface area contributed by atoms with E-state index in [1.165, 1.54) is 0 Å². The number of rotatable bonds is 6. The van der Waals surface area contributed by atoms with Crippen LogP contribution in [0.4, 0.5) is 18.9 Å². The Bertz CT molecular complexity index is 1590. The highest BCUT2D eigenvalue weighted by Gasteiger charge is 2.49. The second-order valence-electron chi connectivity index (χ2n) is 13.4. The first-order valence-electron chi connectivity index (χ1n) is 14.6. The van der Waals surface area contributed by atoms with Crippen molar-refractivity contribution in [3.63, 3.8) is 0 Å². The number of alkyl halides is 3. The van der Waals surface area contributed by atoms with Gasteiger partial charge in [-0.05, 0) is 75.9 Å². The van der Waals surface area contributed by atoms with Gasteiger partial charge >= 0.3 is 11.9 Å². The van der Waals surface area contributed by atoms with Gasteiger partial charge in [-0.25, -0.2) is 0 Å². The van der Waals surface area contributed by atoms with E-state index in [1.807, 2.05) is 0 Å². The van der Waals surface area contributed by atoms with Crippen LogP contribution in [0, 0.1) is 20.9 Å². The van der Waals surface area contributed by atoms with E-state index in [1.54, 1.807) is 18.2 Å². The van der Waals surface area contributed by atoms with Crippen LogP contribution in [0.25, 0.3) is 0 Å². The first-order valence-corrected chi connectivity index (χ1v) is 15.3. The highest BCUT2D eigenvalue weighted by atomic mass is 79.9. The lowest BCUT2D eigenvalue weighted by molar-refractivity contribution is -0.385. The molecular weight excluding hydrogens is 641 g/mol. The van der Waals surface area contributed by atoms with Gasteiger partial charge in [0.2, 0.25) is 5.75 Å². The van der Waals surface area contributed by atoms with Crippen LogP contribution in [0.2, 0.25) is 0 Å². The molecule has 5 rings (SSSR count). The van der Waals surface area contributed by atoms with Crippen molar-refractivity contribution < 1.29 is 32.4 Å². The summed E-state index contributed by atoms with van der Waals surface area (Å²) in [5.41, 5.74) is 1.39. The van der Waals surface area contributed by atoms with Crippen molar-refractivity contribution in [1.29, 1.82) is 0 Å². The van der Waals surface area contributed by atoms with Crippen LogP contribution in [-0.4, -0.2) is 27.9 Å². The third kappa shape index (κ3) is 5.95. The molecule has 11 heteroatoms. The number of carbonyl (C=O) groups excluding carboxylic acids is 2. The summed E-state index contributed by atoms with van der Waals surface area (Å²) in [6.45, 7) is 11.1. The predicted octanol–water partition coefficient (Wildman–Crippen LogP) is 9.26. The summed E-state index contributed by atoms with van der Waals surface area (Å²) in [6.07, 6.45) is -1.83. The van der Waals surface area contributed by atoms with Crippen LogP contribution < -0.4 is 4.74 Å². The lowest BCUT2D eigenvalue weighted by Gasteiger charge is -2.49. The number of benzene rings is 2. The number of halogens is 4. The van der Waals surface area contributed by atoms with Crippen LogP contribution in [0.1, 0.15) is 83.8 Å². The molecule has 0 aromatic heterocycles. The summed E-state index contributed by atoms with van der Waals surface area (Å²) in [5, 5.41) is 11.6. The summed E-state index contributed by atoms with van der Waals surface area (Å²) in [6, 6.07) is 7.07. The van der Waals surface area contributed by atoms with E-state index >= 15 is 0 Å². The number of Topliss-reactive ketones (excluding diaryl/α,β-unsaturated/α-hetero) is 2. The molecule has 0 saturated carbocycles. The van der Waals surface area contributed by atoms with E-state index in [-0.39, 0.29) is 33.9 Å². The van der Waals surface area contributed by atoms with Crippen LogP contribution in [0.15, 0.2) is 63.4 Å². The molecule has 0 bridgehead atoms. The fraction of sp³-hybridized carbons (Fsp3) is 0.455. The lowest BCUT2D eigenvalue weighted by atomic mass is 9.63. The van der Waals surface area contributed by atoms with Crippen molar-refractivity contribution in [2.45, 2.75) is 78.8 Å². The van der Waals surface area contributed by atoms with Gasteiger partial charge in [0.15, 0.2) is 11.6 Å². The summed E-state index contributed by atoms with van der Waals surface area (Å²) >= 11 is 3.47. The summed E-state index contributed by atoms with van der Waals surface area (Å²) in [4.78, 5) is 40.7. The SMILES string of the molecule is CCCN1C2=C(C(=O)CC(C)(C)C2)C(c2ccc(Oc3ccc(C(F)(F)F)cc3[N+](=O)[O-])c(Br)c2)C2=C1CC(C)(C)CC2=O. The Balaban J connectivity index is 1.62. The third-order valence-corrected chi connectivity index (χ3v) is 9.08. The largest absolute Gasteiger partial charge is 0.449 e. The molecular formula is C33H34BrF3N2O5. The molecule has 1 heterocycles. The Hall–Kier alpha value is -3.47. The summed E-state index contributed by atoms with van der Waals surface area (Å²) in [5.74, 6) is -0.804. The topological polar surface area (TPSA) is 89.8 Å². The number of carbonyl (C=O) groups is 2. The minimum Gasteiger partial charge on any atom is -0.449 e. The zero-order valence-electron chi connectivity index (χ0n) is 25.2. The molecule has 2 aromatic rings. The Morgan fingerprint density at radius 1 is 0.932 bits per heavy atom. The number of allylic oxidation sites excluding steroid dienone is 4.